The molecule has 1 heteroatoms. The number of carbonyl (C=O) groups excluding carboxylic acids is 1. The highest BCUT2D eigenvalue weighted by atomic mass is 16.1. The van der Waals surface area contributed by atoms with Crippen molar-refractivity contribution in [2.24, 2.45) is 11.3 Å². The van der Waals surface area contributed by atoms with Crippen LogP contribution in [0.15, 0.2) is 12.2 Å². The van der Waals surface area contributed by atoms with Crippen LogP contribution in [0.2, 0.25) is 0 Å². The van der Waals surface area contributed by atoms with Crippen molar-refractivity contribution in [1.82, 2.24) is 0 Å². The highest BCUT2D eigenvalue weighted by molar-refractivity contribution is 5.82. The van der Waals surface area contributed by atoms with Gasteiger partial charge in [0.05, 0.1) is 0 Å². The number of ketones is 1. The molecule has 1 aliphatic rings. The van der Waals surface area contributed by atoms with Gasteiger partial charge in [0, 0.05) is 12.3 Å². The van der Waals surface area contributed by atoms with Gasteiger partial charge in [-0.05, 0) is 31.6 Å². The molecule has 0 saturated heterocycles. The van der Waals surface area contributed by atoms with Crippen LogP contribution in [0.25, 0.3) is 0 Å². The van der Waals surface area contributed by atoms with Gasteiger partial charge >= 0.3 is 0 Å². The molecule has 15 heavy (non-hydrogen) atoms. The van der Waals surface area contributed by atoms with Crippen LogP contribution < -0.4 is 0 Å². The molecule has 0 amide bonds. The number of rotatable bonds is 4. The summed E-state index contributed by atoms with van der Waals surface area (Å²) in [4.78, 5) is 12.1. The SMILES string of the molecule is C=C(C)CCC(=O)C1CCCCC1(C)C. The first-order valence-electron chi connectivity index (χ1n) is 6.10. The van der Waals surface area contributed by atoms with Crippen LogP contribution in [0.1, 0.15) is 59.3 Å². The van der Waals surface area contributed by atoms with Crippen molar-refractivity contribution in [3.05, 3.63) is 12.2 Å². The Kier molecular flexibility index (Phi) is 4.12. The number of allylic oxidation sites excluding steroid dienone is 1. The zero-order valence-electron chi connectivity index (χ0n) is 10.4. The summed E-state index contributed by atoms with van der Waals surface area (Å²) < 4.78 is 0. The first-order valence-corrected chi connectivity index (χ1v) is 6.10. The van der Waals surface area contributed by atoms with E-state index in [1.807, 2.05) is 6.92 Å². The van der Waals surface area contributed by atoms with E-state index < -0.39 is 0 Å². The van der Waals surface area contributed by atoms with Crippen molar-refractivity contribution in [2.75, 3.05) is 0 Å². The van der Waals surface area contributed by atoms with Crippen LogP contribution >= 0.6 is 0 Å². The Balaban J connectivity index is 2.53. The predicted molar refractivity (Wildman–Crippen MR) is 64.8 cm³/mol. The van der Waals surface area contributed by atoms with Crippen LogP contribution in [0, 0.1) is 11.3 Å². The number of carbonyl (C=O) groups is 1. The van der Waals surface area contributed by atoms with E-state index in [0.717, 1.165) is 18.4 Å². The van der Waals surface area contributed by atoms with Gasteiger partial charge < -0.3 is 0 Å². The Morgan fingerprint density at radius 2 is 2.00 bits per heavy atom. The Labute approximate surface area is 93.9 Å². The molecule has 0 aromatic heterocycles. The second-order valence-electron chi connectivity index (χ2n) is 5.71. The Morgan fingerprint density at radius 3 is 2.53 bits per heavy atom. The molecular weight excluding hydrogens is 184 g/mol. The average Bonchev–Trinajstić information content (AvgIpc) is 2.13. The molecule has 1 rings (SSSR count). The van der Waals surface area contributed by atoms with E-state index in [9.17, 15) is 4.79 Å². The van der Waals surface area contributed by atoms with Gasteiger partial charge in [0.15, 0.2) is 0 Å². The molecule has 0 bridgehead atoms. The van der Waals surface area contributed by atoms with E-state index >= 15 is 0 Å². The molecule has 0 aromatic carbocycles. The third-order valence-corrected chi connectivity index (χ3v) is 3.69. The summed E-state index contributed by atoms with van der Waals surface area (Å²) in [6, 6.07) is 0. The lowest BCUT2D eigenvalue weighted by Crippen LogP contribution is -2.33. The molecule has 0 aliphatic heterocycles. The smallest absolute Gasteiger partial charge is 0.136 e. The summed E-state index contributed by atoms with van der Waals surface area (Å²) in [5.74, 6) is 0.758. The standard InChI is InChI=1S/C14H24O/c1-11(2)8-9-13(15)12-7-5-6-10-14(12,3)4/h12H,1,5-10H2,2-4H3. The van der Waals surface area contributed by atoms with Crippen LogP contribution in [-0.2, 0) is 4.79 Å². The molecule has 1 fully saturated rings. The molecule has 1 aliphatic carbocycles. The minimum Gasteiger partial charge on any atom is -0.299 e. The van der Waals surface area contributed by atoms with Crippen molar-refractivity contribution in [1.29, 1.82) is 0 Å². The van der Waals surface area contributed by atoms with Gasteiger partial charge in [-0.2, -0.15) is 0 Å². The van der Waals surface area contributed by atoms with Crippen molar-refractivity contribution in [2.45, 2.75) is 59.3 Å². The molecule has 1 atom stereocenters. The normalized spacial score (nSPS) is 24.9. The van der Waals surface area contributed by atoms with E-state index in [2.05, 4.69) is 20.4 Å². The zero-order chi connectivity index (χ0) is 11.5. The first kappa shape index (κ1) is 12.5. The van der Waals surface area contributed by atoms with E-state index in [1.54, 1.807) is 0 Å². The first-order chi connectivity index (χ1) is 6.93. The number of hydrogen-bond acceptors (Lipinski definition) is 1. The van der Waals surface area contributed by atoms with Gasteiger partial charge in [0.25, 0.3) is 0 Å². The van der Waals surface area contributed by atoms with E-state index in [-0.39, 0.29) is 5.41 Å². The monoisotopic (exact) mass is 208 g/mol. The lowest BCUT2D eigenvalue weighted by molar-refractivity contribution is -0.127. The Morgan fingerprint density at radius 1 is 1.33 bits per heavy atom. The second kappa shape index (κ2) is 4.96. The number of Topliss-reactive ketones (excluding diaryl/α,β-unsaturated/α-hetero) is 1. The van der Waals surface area contributed by atoms with Crippen LogP contribution in [0.5, 0.6) is 0 Å². The molecule has 0 heterocycles. The highest BCUT2D eigenvalue weighted by Crippen LogP contribution is 2.41. The molecule has 0 N–H and O–H groups in total. The fraction of sp³-hybridized carbons (Fsp3) is 0.786. The molecule has 86 valence electrons. The molecule has 0 aromatic rings. The Bertz CT molecular complexity index is 250. The van der Waals surface area contributed by atoms with Crippen molar-refractivity contribution in [3.63, 3.8) is 0 Å². The van der Waals surface area contributed by atoms with Crippen molar-refractivity contribution in [3.8, 4) is 0 Å². The largest absolute Gasteiger partial charge is 0.299 e. The van der Waals surface area contributed by atoms with Gasteiger partial charge in [-0.25, -0.2) is 0 Å². The summed E-state index contributed by atoms with van der Waals surface area (Å²) in [5, 5.41) is 0. The zero-order valence-corrected chi connectivity index (χ0v) is 10.4. The number of hydrogen-bond donors (Lipinski definition) is 0. The van der Waals surface area contributed by atoms with E-state index in [1.165, 1.54) is 19.3 Å². The highest BCUT2D eigenvalue weighted by Gasteiger charge is 2.36. The summed E-state index contributed by atoms with van der Waals surface area (Å²) in [7, 11) is 0. The van der Waals surface area contributed by atoms with Gasteiger partial charge in [-0.3, -0.25) is 4.79 Å². The summed E-state index contributed by atoms with van der Waals surface area (Å²) in [6.45, 7) is 10.3. The third kappa shape index (κ3) is 3.48. The fourth-order valence-electron chi connectivity index (χ4n) is 2.60. The topological polar surface area (TPSA) is 17.1 Å². The predicted octanol–water partition coefficient (Wildman–Crippen LogP) is 4.13. The fourth-order valence-corrected chi connectivity index (χ4v) is 2.60. The van der Waals surface area contributed by atoms with Gasteiger partial charge in [-0.15, -0.1) is 6.58 Å². The molecule has 1 unspecified atom stereocenters. The lowest BCUT2D eigenvalue weighted by atomic mass is 9.66. The van der Waals surface area contributed by atoms with E-state index in [4.69, 9.17) is 0 Å². The molecular formula is C14H24O. The summed E-state index contributed by atoms with van der Waals surface area (Å²) in [6.07, 6.45) is 6.39. The molecule has 1 saturated carbocycles. The molecule has 1 nitrogen and oxygen atoms in total. The van der Waals surface area contributed by atoms with Gasteiger partial charge in [-0.1, -0.05) is 32.3 Å². The maximum atomic E-state index is 12.1. The van der Waals surface area contributed by atoms with E-state index in [0.29, 0.717) is 18.1 Å². The van der Waals surface area contributed by atoms with Crippen molar-refractivity contribution >= 4 is 5.78 Å². The van der Waals surface area contributed by atoms with Crippen LogP contribution in [-0.4, -0.2) is 5.78 Å². The molecule has 0 radical (unpaired) electrons. The van der Waals surface area contributed by atoms with Gasteiger partial charge in [0.1, 0.15) is 5.78 Å². The summed E-state index contributed by atoms with van der Waals surface area (Å²) >= 11 is 0. The minimum absolute atomic E-state index is 0.227. The minimum atomic E-state index is 0.227. The lowest BCUT2D eigenvalue weighted by Gasteiger charge is -2.37. The maximum Gasteiger partial charge on any atom is 0.136 e. The molecule has 0 spiro atoms. The quantitative estimate of drug-likeness (QED) is 0.635. The Hall–Kier alpha value is -0.590. The third-order valence-electron chi connectivity index (χ3n) is 3.69. The summed E-state index contributed by atoms with van der Waals surface area (Å²) in [5.41, 5.74) is 1.35. The van der Waals surface area contributed by atoms with Gasteiger partial charge in [0.2, 0.25) is 0 Å². The maximum absolute atomic E-state index is 12.1. The average molecular weight is 208 g/mol. The van der Waals surface area contributed by atoms with Crippen LogP contribution in [0.3, 0.4) is 0 Å². The van der Waals surface area contributed by atoms with Crippen LogP contribution in [0.4, 0.5) is 0 Å². The second-order valence-corrected chi connectivity index (χ2v) is 5.71. The van der Waals surface area contributed by atoms with Crippen molar-refractivity contribution < 1.29 is 4.79 Å².